The van der Waals surface area contributed by atoms with Crippen LogP contribution in [0.2, 0.25) is 0 Å². The van der Waals surface area contributed by atoms with Crippen LogP contribution >= 0.6 is 0 Å². The van der Waals surface area contributed by atoms with Gasteiger partial charge in [0.25, 0.3) is 11.6 Å². The largest absolute Gasteiger partial charge is 0.356 e. The molecule has 0 radical (unpaired) electrons. The van der Waals surface area contributed by atoms with Gasteiger partial charge in [-0.05, 0) is 60.7 Å². The van der Waals surface area contributed by atoms with Crippen LogP contribution in [-0.2, 0) is 0 Å². The van der Waals surface area contributed by atoms with Crippen LogP contribution in [0.25, 0.3) is 10.9 Å². The van der Waals surface area contributed by atoms with Gasteiger partial charge >= 0.3 is 0 Å². The average molecular weight is 476 g/mol. The van der Waals surface area contributed by atoms with Crippen LogP contribution in [0, 0.1) is 10.1 Å². The number of anilines is 5. The number of fused-ring (bicyclic) bond motifs is 1. The Labute approximate surface area is 206 Å². The summed E-state index contributed by atoms with van der Waals surface area (Å²) in [5.74, 6) is 0.199. The van der Waals surface area contributed by atoms with Gasteiger partial charge in [0.15, 0.2) is 0 Å². The Hall–Kier alpha value is -5.31. The summed E-state index contributed by atoms with van der Waals surface area (Å²) in [6, 6.07) is 26.7. The lowest BCUT2D eigenvalue weighted by atomic mass is 10.1. The number of pyridine rings is 2. The molecule has 0 atom stereocenters. The highest BCUT2D eigenvalue weighted by molar-refractivity contribution is 6.04. The first-order valence-corrected chi connectivity index (χ1v) is 11.0. The molecule has 2 heterocycles. The maximum absolute atomic E-state index is 12.7. The van der Waals surface area contributed by atoms with Gasteiger partial charge in [-0.1, -0.05) is 18.2 Å². The number of nitro groups is 1. The minimum atomic E-state index is -0.449. The first-order chi connectivity index (χ1) is 17.5. The normalized spacial score (nSPS) is 10.6. The van der Waals surface area contributed by atoms with E-state index in [0.717, 1.165) is 11.4 Å². The Morgan fingerprint density at radius 2 is 1.53 bits per heavy atom. The number of non-ortho nitro benzene ring substituents is 1. The van der Waals surface area contributed by atoms with Crippen molar-refractivity contribution in [2.24, 2.45) is 0 Å². The van der Waals surface area contributed by atoms with Gasteiger partial charge in [0.2, 0.25) is 0 Å². The first-order valence-electron chi connectivity index (χ1n) is 11.0. The summed E-state index contributed by atoms with van der Waals surface area (Å²) in [5.41, 5.74) is 4.15. The maximum Gasteiger partial charge on any atom is 0.270 e. The van der Waals surface area contributed by atoms with E-state index >= 15 is 0 Å². The smallest absolute Gasteiger partial charge is 0.270 e. The Morgan fingerprint density at radius 1 is 0.778 bits per heavy atom. The fourth-order valence-electron chi connectivity index (χ4n) is 3.63. The summed E-state index contributed by atoms with van der Waals surface area (Å²) in [5, 5.41) is 21.0. The van der Waals surface area contributed by atoms with E-state index in [1.54, 1.807) is 30.5 Å². The molecule has 0 saturated heterocycles. The highest BCUT2D eigenvalue weighted by Gasteiger charge is 2.11. The second kappa shape index (κ2) is 9.90. The monoisotopic (exact) mass is 476 g/mol. The Kier molecular flexibility index (Phi) is 6.18. The van der Waals surface area contributed by atoms with E-state index in [9.17, 15) is 14.9 Å². The van der Waals surface area contributed by atoms with Crippen molar-refractivity contribution in [2.45, 2.75) is 0 Å². The Bertz CT molecular complexity index is 1540. The molecule has 36 heavy (non-hydrogen) atoms. The molecule has 9 heteroatoms. The Balaban J connectivity index is 1.25. The summed E-state index contributed by atoms with van der Waals surface area (Å²) in [7, 11) is 0. The van der Waals surface area contributed by atoms with Gasteiger partial charge in [-0.3, -0.25) is 19.9 Å². The summed E-state index contributed by atoms with van der Waals surface area (Å²) < 4.78 is 0. The molecule has 3 N–H and O–H groups in total. The van der Waals surface area contributed by atoms with Gasteiger partial charge in [0.1, 0.15) is 5.82 Å². The number of carbonyl (C=O) groups is 1. The van der Waals surface area contributed by atoms with Crippen molar-refractivity contribution in [3.8, 4) is 0 Å². The van der Waals surface area contributed by atoms with Crippen LogP contribution in [0.4, 0.5) is 34.3 Å². The van der Waals surface area contributed by atoms with E-state index in [1.807, 2.05) is 54.6 Å². The van der Waals surface area contributed by atoms with Crippen molar-refractivity contribution in [3.05, 3.63) is 119 Å². The summed E-state index contributed by atoms with van der Waals surface area (Å²) in [6.45, 7) is 0. The molecule has 2 aromatic heterocycles. The third kappa shape index (κ3) is 5.10. The van der Waals surface area contributed by atoms with E-state index in [1.165, 1.54) is 18.3 Å². The van der Waals surface area contributed by atoms with Crippen LogP contribution in [0.1, 0.15) is 10.4 Å². The van der Waals surface area contributed by atoms with Crippen LogP contribution in [0.15, 0.2) is 103 Å². The van der Waals surface area contributed by atoms with E-state index in [4.69, 9.17) is 0 Å². The number of carbonyl (C=O) groups excluding carboxylic acids is 1. The van der Waals surface area contributed by atoms with Crippen molar-refractivity contribution >= 4 is 51.1 Å². The second-order valence-corrected chi connectivity index (χ2v) is 7.90. The van der Waals surface area contributed by atoms with Crippen molar-refractivity contribution < 1.29 is 9.72 Å². The number of hydrogen-bond acceptors (Lipinski definition) is 7. The van der Waals surface area contributed by atoms with Crippen molar-refractivity contribution in [1.82, 2.24) is 9.97 Å². The molecule has 0 aliphatic carbocycles. The summed E-state index contributed by atoms with van der Waals surface area (Å²) >= 11 is 0. The first kappa shape index (κ1) is 22.5. The predicted octanol–water partition coefficient (Wildman–Crippen LogP) is 6.28. The van der Waals surface area contributed by atoms with Crippen molar-refractivity contribution in [1.29, 1.82) is 0 Å². The van der Waals surface area contributed by atoms with Crippen LogP contribution in [0.3, 0.4) is 0 Å². The SMILES string of the molecule is O=C(Nc1ccc(Nc2ccccc2)cc1)c1ccc(Nc2ccnc3ccc([N+](=O)[O-])cc23)nc1. The number of nitro benzene ring substituents is 1. The molecule has 0 aliphatic heterocycles. The molecule has 176 valence electrons. The van der Waals surface area contributed by atoms with Gasteiger partial charge < -0.3 is 16.0 Å². The zero-order chi connectivity index (χ0) is 24.9. The second-order valence-electron chi connectivity index (χ2n) is 7.90. The topological polar surface area (TPSA) is 122 Å². The zero-order valence-electron chi connectivity index (χ0n) is 18.9. The number of nitrogens with zero attached hydrogens (tertiary/aromatic N) is 3. The van der Waals surface area contributed by atoms with Crippen molar-refractivity contribution in [3.63, 3.8) is 0 Å². The summed E-state index contributed by atoms with van der Waals surface area (Å²) in [6.07, 6.45) is 3.08. The summed E-state index contributed by atoms with van der Waals surface area (Å²) in [4.78, 5) is 31.9. The van der Waals surface area contributed by atoms with E-state index < -0.39 is 4.92 Å². The van der Waals surface area contributed by atoms with E-state index in [0.29, 0.717) is 33.7 Å². The number of nitrogens with one attached hydrogen (secondary N) is 3. The highest BCUT2D eigenvalue weighted by Crippen LogP contribution is 2.28. The van der Waals surface area contributed by atoms with Crippen molar-refractivity contribution in [2.75, 3.05) is 16.0 Å². The number of benzene rings is 3. The standard InChI is InChI=1S/C27H20N6O3/c34-27(31-21-9-7-20(8-10-21)30-19-4-2-1-3-5-19)18-6-13-26(29-17-18)32-25-14-15-28-24-12-11-22(33(35)36)16-23(24)25/h1-17,30H,(H,31,34)(H,28,29,32). The third-order valence-electron chi connectivity index (χ3n) is 5.43. The number of amides is 1. The molecule has 0 unspecified atom stereocenters. The molecule has 0 saturated carbocycles. The lowest BCUT2D eigenvalue weighted by Gasteiger charge is -2.10. The van der Waals surface area contributed by atoms with Crippen LogP contribution in [-0.4, -0.2) is 20.8 Å². The minimum Gasteiger partial charge on any atom is -0.356 e. The molecule has 5 rings (SSSR count). The number of aromatic nitrogens is 2. The molecular formula is C27H20N6O3. The fraction of sp³-hybridized carbons (Fsp3) is 0. The number of hydrogen-bond donors (Lipinski definition) is 3. The zero-order valence-corrected chi connectivity index (χ0v) is 18.9. The molecule has 0 fully saturated rings. The van der Waals surface area contributed by atoms with Gasteiger partial charge in [-0.15, -0.1) is 0 Å². The van der Waals surface area contributed by atoms with Gasteiger partial charge in [-0.2, -0.15) is 0 Å². The van der Waals surface area contributed by atoms with Gasteiger partial charge in [0, 0.05) is 47.0 Å². The van der Waals surface area contributed by atoms with Gasteiger partial charge in [-0.25, -0.2) is 4.98 Å². The van der Waals surface area contributed by atoms with E-state index in [2.05, 4.69) is 25.9 Å². The number of rotatable bonds is 7. The lowest BCUT2D eigenvalue weighted by molar-refractivity contribution is -0.384. The fourth-order valence-corrected chi connectivity index (χ4v) is 3.63. The third-order valence-corrected chi connectivity index (χ3v) is 5.43. The molecular weight excluding hydrogens is 456 g/mol. The predicted molar refractivity (Wildman–Crippen MR) is 140 cm³/mol. The maximum atomic E-state index is 12.7. The molecule has 3 aromatic carbocycles. The Morgan fingerprint density at radius 3 is 2.25 bits per heavy atom. The average Bonchev–Trinajstić information content (AvgIpc) is 2.91. The van der Waals surface area contributed by atoms with E-state index in [-0.39, 0.29) is 11.6 Å². The minimum absolute atomic E-state index is 0.0255. The van der Waals surface area contributed by atoms with Crippen LogP contribution < -0.4 is 16.0 Å². The molecule has 1 amide bonds. The quantitative estimate of drug-likeness (QED) is 0.187. The molecule has 5 aromatic rings. The molecule has 0 spiro atoms. The molecule has 9 nitrogen and oxygen atoms in total. The lowest BCUT2D eigenvalue weighted by Crippen LogP contribution is -2.12. The molecule has 0 bridgehead atoms. The highest BCUT2D eigenvalue weighted by atomic mass is 16.6. The number of para-hydroxylation sites is 1. The van der Waals surface area contributed by atoms with Crippen LogP contribution in [0.5, 0.6) is 0 Å². The molecule has 0 aliphatic rings. The van der Waals surface area contributed by atoms with Gasteiger partial charge in [0.05, 0.1) is 21.7 Å².